The van der Waals surface area contributed by atoms with E-state index < -0.39 is 0 Å². The third kappa shape index (κ3) is 4.69. The fourth-order valence-corrected chi connectivity index (χ4v) is 3.87. The molecule has 0 spiro atoms. The summed E-state index contributed by atoms with van der Waals surface area (Å²) in [5, 5.41) is 10.3. The number of amides is 2. The molecule has 1 aliphatic rings. The minimum absolute atomic E-state index is 0.141. The first-order valence-corrected chi connectivity index (χ1v) is 10.3. The largest absolute Gasteiger partial charge is 0.495 e. The normalized spacial score (nSPS) is 16.1. The highest BCUT2D eigenvalue weighted by molar-refractivity contribution is 6.32. The third-order valence-electron chi connectivity index (χ3n) is 5.23. The number of rotatable bonds is 5. The number of ether oxygens (including phenoxy) is 1. The van der Waals surface area contributed by atoms with E-state index >= 15 is 0 Å². The summed E-state index contributed by atoms with van der Waals surface area (Å²) in [6, 6.07) is 12.3. The topological polar surface area (TPSA) is 100 Å². The summed E-state index contributed by atoms with van der Waals surface area (Å²) in [6.07, 6.45) is 3.13. The molecule has 1 atom stereocenters. The zero-order chi connectivity index (χ0) is 21.8. The number of methoxy groups -OCH3 is 1. The minimum atomic E-state index is -0.309. The van der Waals surface area contributed by atoms with E-state index in [1.807, 2.05) is 18.2 Å². The van der Waals surface area contributed by atoms with E-state index in [-0.39, 0.29) is 17.7 Å². The molecule has 4 rings (SSSR count). The van der Waals surface area contributed by atoms with Crippen LogP contribution in [0, 0.1) is 5.92 Å². The van der Waals surface area contributed by atoms with Gasteiger partial charge in [0.1, 0.15) is 17.1 Å². The predicted octanol–water partition coefficient (Wildman–Crippen LogP) is 3.62. The van der Waals surface area contributed by atoms with Gasteiger partial charge in [-0.15, -0.1) is 0 Å². The molecule has 160 valence electrons. The second kappa shape index (κ2) is 9.18. The number of nitrogens with zero attached hydrogens (tertiary/aromatic N) is 3. The van der Waals surface area contributed by atoms with E-state index in [9.17, 15) is 9.59 Å². The molecule has 1 saturated heterocycles. The number of likely N-dealkylation sites (tertiary alicyclic amines) is 1. The highest BCUT2D eigenvalue weighted by atomic mass is 35.5. The van der Waals surface area contributed by atoms with Gasteiger partial charge < -0.3 is 15.0 Å². The van der Waals surface area contributed by atoms with E-state index in [4.69, 9.17) is 16.3 Å². The first kappa shape index (κ1) is 20.9. The van der Waals surface area contributed by atoms with E-state index in [0.29, 0.717) is 53.1 Å². The fraction of sp³-hybridized carbons (Fsp3) is 0.273. The van der Waals surface area contributed by atoms with Crippen molar-refractivity contribution in [1.82, 2.24) is 20.1 Å². The monoisotopic (exact) mass is 439 g/mol. The molecule has 1 aromatic carbocycles. The van der Waals surface area contributed by atoms with Gasteiger partial charge in [0.15, 0.2) is 0 Å². The van der Waals surface area contributed by atoms with Gasteiger partial charge in [-0.3, -0.25) is 19.7 Å². The van der Waals surface area contributed by atoms with Crippen LogP contribution in [-0.2, 0) is 4.79 Å². The van der Waals surface area contributed by atoms with Crippen molar-refractivity contribution in [2.24, 2.45) is 5.92 Å². The molecule has 3 heterocycles. The number of pyridine rings is 1. The smallest absolute Gasteiger partial charge is 0.271 e. The van der Waals surface area contributed by atoms with Crippen molar-refractivity contribution in [3.63, 3.8) is 0 Å². The Balaban J connectivity index is 1.41. The van der Waals surface area contributed by atoms with Crippen LogP contribution in [0.15, 0.2) is 48.7 Å². The number of piperidine rings is 1. The molecule has 2 N–H and O–H groups in total. The number of hydrogen-bond acceptors (Lipinski definition) is 5. The summed E-state index contributed by atoms with van der Waals surface area (Å²) in [5.41, 5.74) is 2.26. The van der Waals surface area contributed by atoms with Crippen molar-refractivity contribution in [1.29, 1.82) is 0 Å². The lowest BCUT2D eigenvalue weighted by atomic mass is 9.96. The second-order valence-electron chi connectivity index (χ2n) is 7.31. The van der Waals surface area contributed by atoms with Crippen molar-refractivity contribution >= 4 is 29.1 Å². The zero-order valence-electron chi connectivity index (χ0n) is 17.0. The van der Waals surface area contributed by atoms with Crippen LogP contribution in [0.2, 0.25) is 5.02 Å². The van der Waals surface area contributed by atoms with Crippen molar-refractivity contribution in [2.45, 2.75) is 12.8 Å². The summed E-state index contributed by atoms with van der Waals surface area (Å²) in [6.45, 7) is 0.932. The Morgan fingerprint density at radius 3 is 2.84 bits per heavy atom. The Kier molecular flexibility index (Phi) is 6.18. The number of aromatic amines is 1. The van der Waals surface area contributed by atoms with Gasteiger partial charge in [-0.2, -0.15) is 5.10 Å². The molecule has 0 saturated carbocycles. The number of carbonyl (C=O) groups is 2. The molecule has 9 heteroatoms. The SMILES string of the molecule is COc1ccc(NC(=O)C2CCCN(C(=O)c3cc(-c4ccccn4)n[nH]3)C2)cc1Cl. The van der Waals surface area contributed by atoms with Gasteiger partial charge in [0, 0.05) is 25.0 Å². The molecule has 1 unspecified atom stereocenters. The Bertz CT molecular complexity index is 1090. The number of anilines is 1. The molecule has 0 aliphatic carbocycles. The number of halogens is 1. The maximum absolute atomic E-state index is 13.0. The van der Waals surface area contributed by atoms with Crippen LogP contribution in [0.1, 0.15) is 23.3 Å². The lowest BCUT2D eigenvalue weighted by molar-refractivity contribution is -0.121. The molecule has 31 heavy (non-hydrogen) atoms. The maximum atomic E-state index is 13.0. The van der Waals surface area contributed by atoms with Gasteiger partial charge in [-0.25, -0.2) is 0 Å². The van der Waals surface area contributed by atoms with E-state index in [2.05, 4.69) is 20.5 Å². The van der Waals surface area contributed by atoms with Gasteiger partial charge in [0.25, 0.3) is 5.91 Å². The molecule has 2 aromatic heterocycles. The summed E-state index contributed by atoms with van der Waals surface area (Å²) in [7, 11) is 1.53. The molecular formula is C22H22ClN5O3. The van der Waals surface area contributed by atoms with Gasteiger partial charge in [-0.1, -0.05) is 17.7 Å². The number of hydrogen-bond donors (Lipinski definition) is 2. The van der Waals surface area contributed by atoms with E-state index in [1.165, 1.54) is 7.11 Å². The summed E-state index contributed by atoms with van der Waals surface area (Å²) in [4.78, 5) is 31.7. The molecule has 2 amide bonds. The molecule has 1 fully saturated rings. The Morgan fingerprint density at radius 1 is 1.23 bits per heavy atom. The van der Waals surface area contributed by atoms with Crippen LogP contribution in [0.3, 0.4) is 0 Å². The van der Waals surface area contributed by atoms with Crippen LogP contribution in [-0.4, -0.2) is 52.1 Å². The first-order valence-electron chi connectivity index (χ1n) is 9.95. The first-order chi connectivity index (χ1) is 15.0. The van der Waals surface area contributed by atoms with E-state index in [0.717, 1.165) is 6.42 Å². The highest BCUT2D eigenvalue weighted by Crippen LogP contribution is 2.28. The number of H-pyrrole nitrogens is 1. The minimum Gasteiger partial charge on any atom is -0.495 e. The van der Waals surface area contributed by atoms with Crippen LogP contribution in [0.25, 0.3) is 11.4 Å². The van der Waals surface area contributed by atoms with Crippen LogP contribution in [0.5, 0.6) is 5.75 Å². The maximum Gasteiger partial charge on any atom is 0.271 e. The van der Waals surface area contributed by atoms with Crippen molar-refractivity contribution in [3.05, 3.63) is 59.4 Å². The Labute approximate surface area is 184 Å². The predicted molar refractivity (Wildman–Crippen MR) is 117 cm³/mol. The number of nitrogens with one attached hydrogen (secondary N) is 2. The van der Waals surface area contributed by atoms with Gasteiger partial charge in [-0.05, 0) is 49.2 Å². The molecule has 1 aliphatic heterocycles. The third-order valence-corrected chi connectivity index (χ3v) is 5.53. The molecule has 0 bridgehead atoms. The van der Waals surface area contributed by atoms with E-state index in [1.54, 1.807) is 35.4 Å². The number of benzene rings is 1. The summed E-state index contributed by atoms with van der Waals surface area (Å²) in [5.74, 6) is -0.0901. The van der Waals surface area contributed by atoms with Crippen molar-refractivity contribution in [2.75, 3.05) is 25.5 Å². The summed E-state index contributed by atoms with van der Waals surface area (Å²) >= 11 is 6.13. The summed E-state index contributed by atoms with van der Waals surface area (Å²) < 4.78 is 5.13. The van der Waals surface area contributed by atoms with Crippen LogP contribution in [0.4, 0.5) is 5.69 Å². The second-order valence-corrected chi connectivity index (χ2v) is 7.72. The van der Waals surface area contributed by atoms with Crippen molar-refractivity contribution < 1.29 is 14.3 Å². The Hall–Kier alpha value is -3.39. The molecule has 3 aromatic rings. The lowest BCUT2D eigenvalue weighted by Crippen LogP contribution is -2.43. The lowest BCUT2D eigenvalue weighted by Gasteiger charge is -2.31. The van der Waals surface area contributed by atoms with Gasteiger partial charge in [0.05, 0.1) is 23.7 Å². The van der Waals surface area contributed by atoms with Crippen LogP contribution < -0.4 is 10.1 Å². The quantitative estimate of drug-likeness (QED) is 0.632. The van der Waals surface area contributed by atoms with Gasteiger partial charge >= 0.3 is 0 Å². The van der Waals surface area contributed by atoms with Crippen LogP contribution >= 0.6 is 11.6 Å². The Morgan fingerprint density at radius 2 is 2.10 bits per heavy atom. The highest BCUT2D eigenvalue weighted by Gasteiger charge is 2.30. The van der Waals surface area contributed by atoms with Crippen molar-refractivity contribution in [3.8, 4) is 17.1 Å². The molecule has 8 nitrogen and oxygen atoms in total. The number of carbonyl (C=O) groups excluding carboxylic acids is 2. The van der Waals surface area contributed by atoms with Gasteiger partial charge in [0.2, 0.25) is 5.91 Å². The number of aromatic nitrogens is 3. The molecule has 0 radical (unpaired) electrons. The average Bonchev–Trinajstić information content (AvgIpc) is 3.30. The molecular weight excluding hydrogens is 418 g/mol. The fourth-order valence-electron chi connectivity index (χ4n) is 3.61. The zero-order valence-corrected chi connectivity index (χ0v) is 17.7. The standard InChI is InChI=1S/C22H22ClN5O3/c1-31-20-8-7-15(11-16(20)23)25-21(29)14-5-4-10-28(13-14)22(30)19-12-18(26-27-19)17-6-2-3-9-24-17/h2-3,6-9,11-12,14H,4-5,10,13H2,1H3,(H,25,29)(H,26,27). The average molecular weight is 440 g/mol.